The summed E-state index contributed by atoms with van der Waals surface area (Å²) in [5.41, 5.74) is 2.66. The van der Waals surface area contributed by atoms with E-state index in [0.717, 1.165) is 38.1 Å². The third-order valence-electron chi connectivity index (χ3n) is 8.18. The number of phenols is 1. The normalized spacial score (nSPS) is 35.6. The number of carbonyl (C=O) groups excluding carboxylic acids is 1. The summed E-state index contributed by atoms with van der Waals surface area (Å²) in [7, 11) is 0. The van der Waals surface area contributed by atoms with Gasteiger partial charge in [-0.25, -0.2) is 0 Å². The predicted molar refractivity (Wildman–Crippen MR) is 110 cm³/mol. The van der Waals surface area contributed by atoms with Crippen LogP contribution < -0.4 is 0 Å². The Morgan fingerprint density at radius 2 is 2.07 bits per heavy atom. The van der Waals surface area contributed by atoms with E-state index in [1.807, 2.05) is 12.1 Å². The van der Waals surface area contributed by atoms with Crippen molar-refractivity contribution in [3.8, 4) is 5.75 Å². The molecule has 1 aromatic carbocycles. The van der Waals surface area contributed by atoms with Crippen molar-refractivity contribution in [3.63, 3.8) is 0 Å². The summed E-state index contributed by atoms with van der Waals surface area (Å²) in [5, 5.41) is 10.2. The zero-order valence-corrected chi connectivity index (χ0v) is 17.1. The number of likely N-dealkylation sites (tertiary alicyclic amines) is 1. The molecule has 2 saturated carbocycles. The van der Waals surface area contributed by atoms with E-state index in [-0.39, 0.29) is 17.8 Å². The SMILES string of the molecule is CC[C@H]1CC(=O)C[C@]23CCN(CC4CCC4)[C@H](Cc4ccc(O)cc42)[C@H]13.Cl. The number of phenolic OH excluding ortho intramolecular Hbond substituents is 1. The van der Waals surface area contributed by atoms with E-state index in [1.54, 1.807) is 0 Å². The number of fused-ring (bicyclic) bond motifs is 1. The maximum Gasteiger partial charge on any atom is 0.134 e. The number of aromatic hydroxyl groups is 1. The van der Waals surface area contributed by atoms with Crippen LogP contribution in [0.25, 0.3) is 0 Å². The molecule has 1 saturated heterocycles. The molecular weight excluding hydrogens is 358 g/mol. The van der Waals surface area contributed by atoms with Gasteiger partial charge in [0.05, 0.1) is 0 Å². The minimum Gasteiger partial charge on any atom is -0.508 e. The van der Waals surface area contributed by atoms with Gasteiger partial charge in [-0.2, -0.15) is 0 Å². The Bertz CT molecular complexity index is 731. The topological polar surface area (TPSA) is 40.5 Å². The average molecular weight is 390 g/mol. The predicted octanol–water partition coefficient (Wildman–Crippen LogP) is 4.49. The molecule has 3 nitrogen and oxygen atoms in total. The zero-order valence-electron chi connectivity index (χ0n) is 16.3. The van der Waals surface area contributed by atoms with Gasteiger partial charge < -0.3 is 5.11 Å². The lowest BCUT2D eigenvalue weighted by Gasteiger charge is -2.61. The minimum atomic E-state index is -0.0247. The fourth-order valence-corrected chi connectivity index (χ4v) is 6.81. The molecule has 148 valence electrons. The summed E-state index contributed by atoms with van der Waals surface area (Å²) in [6.45, 7) is 4.65. The molecule has 0 radical (unpaired) electrons. The van der Waals surface area contributed by atoms with Crippen LogP contribution in [0.5, 0.6) is 5.75 Å². The summed E-state index contributed by atoms with van der Waals surface area (Å²) in [4.78, 5) is 15.5. The Labute approximate surface area is 168 Å². The first kappa shape index (κ1) is 19.3. The number of piperidine rings is 1. The van der Waals surface area contributed by atoms with Gasteiger partial charge in [-0.05, 0) is 73.2 Å². The van der Waals surface area contributed by atoms with Gasteiger partial charge in [-0.3, -0.25) is 9.69 Å². The van der Waals surface area contributed by atoms with Crippen molar-refractivity contribution in [1.29, 1.82) is 0 Å². The van der Waals surface area contributed by atoms with E-state index in [0.29, 0.717) is 35.8 Å². The largest absolute Gasteiger partial charge is 0.508 e. The van der Waals surface area contributed by atoms with E-state index < -0.39 is 0 Å². The quantitative estimate of drug-likeness (QED) is 0.828. The molecule has 1 aromatic rings. The smallest absolute Gasteiger partial charge is 0.134 e. The molecule has 3 aliphatic carbocycles. The first-order valence-electron chi connectivity index (χ1n) is 10.7. The molecule has 3 fully saturated rings. The number of nitrogens with zero attached hydrogens (tertiary/aromatic N) is 1. The lowest BCUT2D eigenvalue weighted by atomic mass is 9.49. The first-order valence-corrected chi connectivity index (χ1v) is 10.7. The molecule has 4 atom stereocenters. The van der Waals surface area contributed by atoms with Gasteiger partial charge in [0.25, 0.3) is 0 Å². The number of carbonyl (C=O) groups is 1. The van der Waals surface area contributed by atoms with Gasteiger partial charge in [-0.15, -0.1) is 12.4 Å². The van der Waals surface area contributed by atoms with Crippen LogP contribution in [0.15, 0.2) is 18.2 Å². The Morgan fingerprint density at radius 1 is 1.26 bits per heavy atom. The number of rotatable bonds is 3. The molecule has 27 heavy (non-hydrogen) atoms. The summed E-state index contributed by atoms with van der Waals surface area (Å²) in [6.07, 6.45) is 8.95. The third kappa shape index (κ3) is 2.93. The van der Waals surface area contributed by atoms with Crippen LogP contribution >= 0.6 is 12.4 Å². The van der Waals surface area contributed by atoms with Crippen molar-refractivity contribution in [2.24, 2.45) is 17.8 Å². The molecule has 4 aliphatic rings. The monoisotopic (exact) mass is 389 g/mol. The van der Waals surface area contributed by atoms with Crippen molar-refractivity contribution in [2.45, 2.75) is 69.7 Å². The summed E-state index contributed by atoms with van der Waals surface area (Å²) < 4.78 is 0. The van der Waals surface area contributed by atoms with E-state index in [2.05, 4.69) is 17.9 Å². The second kappa shape index (κ2) is 7.08. The lowest BCUT2D eigenvalue weighted by Crippen LogP contribution is -2.64. The maximum atomic E-state index is 12.7. The Kier molecular flexibility index (Phi) is 5.05. The van der Waals surface area contributed by atoms with Crippen molar-refractivity contribution >= 4 is 18.2 Å². The minimum absolute atomic E-state index is 0. The van der Waals surface area contributed by atoms with Crippen LogP contribution in [0, 0.1) is 17.8 Å². The van der Waals surface area contributed by atoms with Crippen molar-refractivity contribution in [1.82, 2.24) is 4.90 Å². The zero-order chi connectivity index (χ0) is 17.9. The fraction of sp³-hybridized carbons (Fsp3) is 0.696. The molecule has 4 heteroatoms. The first-order chi connectivity index (χ1) is 12.6. The molecule has 1 heterocycles. The van der Waals surface area contributed by atoms with Crippen molar-refractivity contribution in [2.75, 3.05) is 13.1 Å². The van der Waals surface area contributed by atoms with Crippen LogP contribution in [0.1, 0.15) is 63.0 Å². The Balaban J connectivity index is 0.00000180. The number of hydrogen-bond acceptors (Lipinski definition) is 3. The molecule has 1 N–H and O–H groups in total. The number of hydrogen-bond donors (Lipinski definition) is 1. The number of Topliss-reactive ketones (excluding diaryl/α,β-unsaturated/α-hetero) is 1. The number of benzene rings is 1. The summed E-state index contributed by atoms with van der Waals surface area (Å²) in [5.74, 6) is 2.78. The third-order valence-corrected chi connectivity index (χ3v) is 8.18. The van der Waals surface area contributed by atoms with E-state index in [4.69, 9.17) is 0 Å². The lowest BCUT2D eigenvalue weighted by molar-refractivity contribution is -0.132. The van der Waals surface area contributed by atoms with Gasteiger partial charge in [0.15, 0.2) is 0 Å². The Hall–Kier alpha value is -1.06. The average Bonchev–Trinajstić information content (AvgIpc) is 2.59. The van der Waals surface area contributed by atoms with Gasteiger partial charge in [0.1, 0.15) is 11.5 Å². The molecule has 0 amide bonds. The number of ketones is 1. The van der Waals surface area contributed by atoms with Crippen molar-refractivity contribution in [3.05, 3.63) is 29.3 Å². The van der Waals surface area contributed by atoms with Crippen LogP contribution in [0.4, 0.5) is 0 Å². The van der Waals surface area contributed by atoms with E-state index >= 15 is 0 Å². The Morgan fingerprint density at radius 3 is 2.78 bits per heavy atom. The number of halogens is 1. The highest BCUT2D eigenvalue weighted by molar-refractivity contribution is 5.85. The molecule has 2 bridgehead atoms. The summed E-state index contributed by atoms with van der Waals surface area (Å²) in [6, 6.07) is 6.54. The van der Waals surface area contributed by atoms with Crippen molar-refractivity contribution < 1.29 is 9.90 Å². The van der Waals surface area contributed by atoms with Crippen LogP contribution in [-0.4, -0.2) is 34.9 Å². The fourth-order valence-electron chi connectivity index (χ4n) is 6.81. The van der Waals surface area contributed by atoms with Gasteiger partial charge >= 0.3 is 0 Å². The molecule has 5 rings (SSSR count). The summed E-state index contributed by atoms with van der Waals surface area (Å²) >= 11 is 0. The van der Waals surface area contributed by atoms with E-state index in [9.17, 15) is 9.90 Å². The van der Waals surface area contributed by atoms with Gasteiger partial charge in [0.2, 0.25) is 0 Å². The second-order valence-corrected chi connectivity index (χ2v) is 9.42. The molecule has 0 spiro atoms. The van der Waals surface area contributed by atoms with Crippen LogP contribution in [-0.2, 0) is 16.6 Å². The van der Waals surface area contributed by atoms with Gasteiger partial charge in [-0.1, -0.05) is 25.8 Å². The molecule has 1 aliphatic heterocycles. The highest BCUT2D eigenvalue weighted by Gasteiger charge is 2.58. The molecular formula is C23H32ClNO2. The maximum absolute atomic E-state index is 12.7. The standard InChI is InChI=1S/C23H31NO2.ClH/c1-2-16-10-19(26)13-23-8-9-24(14-15-4-3-5-15)21(22(16)23)11-17-6-7-18(25)12-20(17)23;/h6-7,12,15-16,21-22,25H,2-5,8-11,13-14H2,1H3;1H/t16-,21+,22-,23+;/m0./s1. The van der Waals surface area contributed by atoms with E-state index in [1.165, 1.54) is 36.9 Å². The second-order valence-electron chi connectivity index (χ2n) is 9.42. The molecule has 0 aromatic heterocycles. The highest BCUT2D eigenvalue weighted by atomic mass is 35.5. The highest BCUT2D eigenvalue weighted by Crippen LogP contribution is 2.58. The molecule has 0 unspecified atom stereocenters. The van der Waals surface area contributed by atoms with Crippen LogP contribution in [0.3, 0.4) is 0 Å². The van der Waals surface area contributed by atoms with Crippen LogP contribution in [0.2, 0.25) is 0 Å². The van der Waals surface area contributed by atoms with Gasteiger partial charge in [0, 0.05) is 30.8 Å².